The number of hydrogen-bond donors (Lipinski definition) is 2. The van der Waals surface area contributed by atoms with Gasteiger partial charge >= 0.3 is 0 Å². The topological polar surface area (TPSA) is 58.8 Å². The molecule has 1 aliphatic heterocycles. The Balaban J connectivity index is 1.60. The highest BCUT2D eigenvalue weighted by Gasteiger charge is 2.16. The number of nitrogens with one attached hydrogen (secondary N) is 2. The Morgan fingerprint density at radius 1 is 1.27 bits per heavy atom. The summed E-state index contributed by atoms with van der Waals surface area (Å²) in [6.07, 6.45) is 5.00. The molecule has 2 atom stereocenters. The summed E-state index contributed by atoms with van der Waals surface area (Å²) < 4.78 is 11.1. The first-order valence-electron chi connectivity index (χ1n) is 9.47. The van der Waals surface area contributed by atoms with E-state index in [1.807, 2.05) is 12.1 Å². The van der Waals surface area contributed by atoms with Gasteiger partial charge in [-0.05, 0) is 49.9 Å². The Kier molecular flexibility index (Phi) is 6.72. The number of benzene rings is 1. The number of aryl methyl sites for hydroxylation is 1. The molecule has 0 spiro atoms. The van der Waals surface area contributed by atoms with E-state index in [4.69, 9.17) is 14.1 Å². The van der Waals surface area contributed by atoms with E-state index in [9.17, 15) is 0 Å². The van der Waals surface area contributed by atoms with Gasteiger partial charge in [0.05, 0.1) is 25.0 Å². The highest BCUT2D eigenvalue weighted by molar-refractivity contribution is 5.80. The van der Waals surface area contributed by atoms with Gasteiger partial charge in [0.1, 0.15) is 5.76 Å². The van der Waals surface area contributed by atoms with Crippen LogP contribution in [0.15, 0.2) is 52.1 Å². The second-order valence-corrected chi connectivity index (χ2v) is 6.80. The van der Waals surface area contributed by atoms with Gasteiger partial charge in [0.15, 0.2) is 5.96 Å². The molecule has 140 valence electrons. The molecule has 0 amide bonds. The van der Waals surface area contributed by atoms with Crippen LogP contribution in [0.4, 0.5) is 0 Å². The van der Waals surface area contributed by atoms with Crippen molar-refractivity contribution in [2.75, 3.05) is 19.7 Å². The van der Waals surface area contributed by atoms with E-state index in [1.54, 1.807) is 6.26 Å². The van der Waals surface area contributed by atoms with Crippen molar-refractivity contribution in [2.45, 2.75) is 45.3 Å². The summed E-state index contributed by atoms with van der Waals surface area (Å²) in [5.41, 5.74) is 2.56. The Morgan fingerprint density at radius 3 is 2.88 bits per heavy atom. The normalized spacial score (nSPS) is 18.7. The number of hydrogen-bond acceptors (Lipinski definition) is 3. The molecule has 2 heterocycles. The minimum Gasteiger partial charge on any atom is -0.469 e. The summed E-state index contributed by atoms with van der Waals surface area (Å²) in [6, 6.07) is 12.5. The Labute approximate surface area is 155 Å². The van der Waals surface area contributed by atoms with E-state index >= 15 is 0 Å². The highest BCUT2D eigenvalue weighted by Crippen LogP contribution is 2.17. The van der Waals surface area contributed by atoms with Gasteiger partial charge < -0.3 is 19.8 Å². The third kappa shape index (κ3) is 5.36. The second-order valence-electron chi connectivity index (χ2n) is 6.80. The number of guanidine groups is 1. The van der Waals surface area contributed by atoms with E-state index in [0.717, 1.165) is 44.1 Å². The van der Waals surface area contributed by atoms with E-state index in [-0.39, 0.29) is 12.1 Å². The third-order valence-corrected chi connectivity index (χ3v) is 4.73. The van der Waals surface area contributed by atoms with Crippen molar-refractivity contribution >= 4 is 5.96 Å². The second kappa shape index (κ2) is 9.43. The van der Waals surface area contributed by atoms with E-state index in [1.165, 1.54) is 11.1 Å². The molecule has 5 nitrogen and oxygen atoms in total. The molecule has 2 N–H and O–H groups in total. The summed E-state index contributed by atoms with van der Waals surface area (Å²) >= 11 is 0. The summed E-state index contributed by atoms with van der Waals surface area (Å²) in [5, 5.41) is 6.96. The van der Waals surface area contributed by atoms with Crippen molar-refractivity contribution in [2.24, 2.45) is 4.99 Å². The predicted molar refractivity (Wildman–Crippen MR) is 104 cm³/mol. The fourth-order valence-electron chi connectivity index (χ4n) is 3.25. The number of aliphatic imine (C=N–C) groups is 1. The minimum absolute atomic E-state index is 0.176. The molecule has 0 bridgehead atoms. The van der Waals surface area contributed by atoms with Gasteiger partial charge in [-0.15, -0.1) is 0 Å². The quantitative estimate of drug-likeness (QED) is 0.588. The van der Waals surface area contributed by atoms with E-state index in [0.29, 0.717) is 6.54 Å². The van der Waals surface area contributed by atoms with Crippen LogP contribution in [-0.4, -0.2) is 31.8 Å². The SMILES string of the molecule is Cc1ccccc1C(C)NC(=NCC1CCCO1)NCCc1ccco1. The lowest BCUT2D eigenvalue weighted by atomic mass is 10.0. The van der Waals surface area contributed by atoms with E-state index < -0.39 is 0 Å². The van der Waals surface area contributed by atoms with Gasteiger partial charge in [-0.25, -0.2) is 0 Å². The number of rotatable bonds is 7. The summed E-state index contributed by atoms with van der Waals surface area (Å²) in [4.78, 5) is 4.76. The predicted octanol–water partition coefficient (Wildman–Crippen LogP) is 3.61. The minimum atomic E-state index is 0.176. The van der Waals surface area contributed by atoms with Crippen LogP contribution in [0.5, 0.6) is 0 Å². The van der Waals surface area contributed by atoms with Crippen LogP contribution >= 0.6 is 0 Å². The van der Waals surface area contributed by atoms with Crippen LogP contribution in [0, 0.1) is 6.92 Å². The summed E-state index contributed by atoms with van der Waals surface area (Å²) in [5.74, 6) is 1.80. The molecule has 1 aromatic carbocycles. The van der Waals surface area contributed by atoms with Crippen LogP contribution in [-0.2, 0) is 11.2 Å². The van der Waals surface area contributed by atoms with Gasteiger partial charge in [0.25, 0.3) is 0 Å². The average Bonchev–Trinajstić information content (AvgIpc) is 3.33. The van der Waals surface area contributed by atoms with E-state index in [2.05, 4.69) is 48.7 Å². The fourth-order valence-corrected chi connectivity index (χ4v) is 3.25. The zero-order chi connectivity index (χ0) is 18.2. The molecule has 2 unspecified atom stereocenters. The lowest BCUT2D eigenvalue weighted by Gasteiger charge is -2.20. The van der Waals surface area contributed by atoms with Gasteiger partial charge in [-0.1, -0.05) is 24.3 Å². The zero-order valence-corrected chi connectivity index (χ0v) is 15.7. The highest BCUT2D eigenvalue weighted by atomic mass is 16.5. The van der Waals surface area contributed by atoms with Crippen molar-refractivity contribution in [3.05, 3.63) is 59.5 Å². The molecule has 3 rings (SSSR count). The number of ether oxygens (including phenoxy) is 1. The lowest BCUT2D eigenvalue weighted by Crippen LogP contribution is -2.40. The van der Waals surface area contributed by atoms with Crippen LogP contribution in [0.25, 0.3) is 0 Å². The molecule has 0 radical (unpaired) electrons. The molecule has 2 aromatic rings. The molecular weight excluding hydrogens is 326 g/mol. The third-order valence-electron chi connectivity index (χ3n) is 4.73. The molecule has 5 heteroatoms. The molecule has 26 heavy (non-hydrogen) atoms. The van der Waals surface area contributed by atoms with Gasteiger partial charge in [0.2, 0.25) is 0 Å². The van der Waals surface area contributed by atoms with Crippen molar-refractivity contribution in [1.82, 2.24) is 10.6 Å². The first kappa shape index (κ1) is 18.5. The smallest absolute Gasteiger partial charge is 0.191 e. The van der Waals surface area contributed by atoms with Crippen molar-refractivity contribution in [3.8, 4) is 0 Å². The van der Waals surface area contributed by atoms with Gasteiger partial charge in [-0.3, -0.25) is 4.99 Å². The maximum atomic E-state index is 5.70. The zero-order valence-electron chi connectivity index (χ0n) is 15.7. The lowest BCUT2D eigenvalue weighted by molar-refractivity contribution is 0.117. The summed E-state index contributed by atoms with van der Waals surface area (Å²) in [6.45, 7) is 6.62. The van der Waals surface area contributed by atoms with Crippen LogP contribution in [0.1, 0.15) is 42.7 Å². The van der Waals surface area contributed by atoms with Crippen molar-refractivity contribution in [3.63, 3.8) is 0 Å². The number of furan rings is 1. The molecule has 0 saturated carbocycles. The monoisotopic (exact) mass is 355 g/mol. The van der Waals surface area contributed by atoms with Crippen molar-refractivity contribution in [1.29, 1.82) is 0 Å². The van der Waals surface area contributed by atoms with Gasteiger partial charge in [-0.2, -0.15) is 0 Å². The molecule has 1 fully saturated rings. The first-order chi connectivity index (χ1) is 12.7. The van der Waals surface area contributed by atoms with Crippen molar-refractivity contribution < 1.29 is 9.15 Å². The molecule has 0 aliphatic carbocycles. The van der Waals surface area contributed by atoms with Crippen LogP contribution in [0.2, 0.25) is 0 Å². The maximum absolute atomic E-state index is 5.70. The Hall–Kier alpha value is -2.27. The standard InChI is InChI=1S/C21H29N3O2/c1-16-7-3-4-10-20(16)17(2)24-21(23-15-19-9-6-14-26-19)22-12-11-18-8-5-13-25-18/h3-5,7-8,10,13,17,19H,6,9,11-12,14-15H2,1-2H3,(H2,22,23,24). The first-order valence-corrected chi connectivity index (χ1v) is 9.47. The van der Waals surface area contributed by atoms with Crippen LogP contribution in [0.3, 0.4) is 0 Å². The number of nitrogens with zero attached hydrogens (tertiary/aromatic N) is 1. The maximum Gasteiger partial charge on any atom is 0.191 e. The molecular formula is C21H29N3O2. The molecule has 1 aliphatic rings. The average molecular weight is 355 g/mol. The van der Waals surface area contributed by atoms with Crippen LogP contribution < -0.4 is 10.6 Å². The largest absolute Gasteiger partial charge is 0.469 e. The Morgan fingerprint density at radius 2 is 2.15 bits per heavy atom. The molecule has 1 aromatic heterocycles. The Bertz CT molecular complexity index is 691. The fraction of sp³-hybridized carbons (Fsp3) is 0.476. The van der Waals surface area contributed by atoms with Gasteiger partial charge in [0, 0.05) is 19.6 Å². The summed E-state index contributed by atoms with van der Waals surface area (Å²) in [7, 11) is 0. The molecule has 1 saturated heterocycles.